The fourth-order valence-electron chi connectivity index (χ4n) is 9.25. The lowest BCUT2D eigenvalue weighted by molar-refractivity contribution is -0.0718. The first-order chi connectivity index (χ1) is 15.2. The van der Waals surface area contributed by atoms with Crippen molar-refractivity contribution in [3.8, 4) is 6.07 Å². The van der Waals surface area contributed by atoms with E-state index in [0.717, 1.165) is 41.4 Å². The Kier molecular flexibility index (Phi) is 8.45. The third-order valence-corrected chi connectivity index (χ3v) is 10.8. The van der Waals surface area contributed by atoms with Gasteiger partial charge in [0.2, 0.25) is 0 Å². The Morgan fingerprint density at radius 2 is 1.42 bits per heavy atom. The first-order valence-corrected chi connectivity index (χ1v) is 14.6. The van der Waals surface area contributed by atoms with Crippen molar-refractivity contribution >= 4 is 0 Å². The van der Waals surface area contributed by atoms with Crippen LogP contribution in [-0.4, -0.2) is 0 Å². The molecule has 1 nitrogen and oxygen atoms in total. The van der Waals surface area contributed by atoms with Gasteiger partial charge in [-0.25, -0.2) is 0 Å². The summed E-state index contributed by atoms with van der Waals surface area (Å²) in [5.41, 5.74) is 0.0352. The van der Waals surface area contributed by atoms with Gasteiger partial charge in [-0.1, -0.05) is 78.1 Å². The largest absolute Gasteiger partial charge is 0.198 e. The quantitative estimate of drug-likeness (QED) is 0.337. The SMILES string of the molecule is CCCCCCCC1(C#N)CCC2C(CCC3C4CCCC(CCCC)C4CCC23)C1. The van der Waals surface area contributed by atoms with Crippen LogP contribution in [0, 0.1) is 58.2 Å². The molecule has 0 bridgehead atoms. The Bertz CT molecular complexity index is 590. The minimum absolute atomic E-state index is 0.0352. The molecule has 4 fully saturated rings. The fraction of sp³-hybridized carbons (Fsp3) is 0.967. The number of rotatable bonds is 9. The Morgan fingerprint density at radius 1 is 0.710 bits per heavy atom. The summed E-state index contributed by atoms with van der Waals surface area (Å²) in [5, 5.41) is 10.2. The van der Waals surface area contributed by atoms with Crippen LogP contribution in [0.15, 0.2) is 0 Å². The molecule has 0 aliphatic heterocycles. The highest BCUT2D eigenvalue weighted by molar-refractivity contribution is 5.07. The van der Waals surface area contributed by atoms with Crippen LogP contribution in [0.5, 0.6) is 0 Å². The molecule has 0 aromatic carbocycles. The van der Waals surface area contributed by atoms with Gasteiger partial charge >= 0.3 is 0 Å². The lowest BCUT2D eigenvalue weighted by atomic mass is 9.48. The van der Waals surface area contributed by atoms with Crippen molar-refractivity contribution in [3.05, 3.63) is 0 Å². The summed E-state index contributed by atoms with van der Waals surface area (Å²) >= 11 is 0. The molecule has 0 saturated heterocycles. The maximum atomic E-state index is 10.2. The summed E-state index contributed by atoms with van der Waals surface area (Å²) in [7, 11) is 0. The van der Waals surface area contributed by atoms with Crippen LogP contribution in [0.4, 0.5) is 0 Å². The van der Waals surface area contributed by atoms with Crippen LogP contribution in [-0.2, 0) is 0 Å². The normalized spacial score (nSPS) is 42.2. The summed E-state index contributed by atoms with van der Waals surface area (Å²) in [6.07, 6.45) is 26.7. The minimum atomic E-state index is 0.0352. The van der Waals surface area contributed by atoms with Crippen LogP contribution in [0.1, 0.15) is 136 Å². The maximum absolute atomic E-state index is 10.2. The van der Waals surface area contributed by atoms with Gasteiger partial charge in [-0.05, 0) is 99.2 Å². The van der Waals surface area contributed by atoms with E-state index in [1.165, 1.54) is 109 Å². The van der Waals surface area contributed by atoms with E-state index in [-0.39, 0.29) is 5.41 Å². The monoisotopic (exact) mass is 425 g/mol. The number of fused-ring (bicyclic) bond motifs is 5. The number of nitrogens with zero attached hydrogens (tertiary/aromatic N) is 1. The lowest BCUT2D eigenvalue weighted by Gasteiger charge is -2.57. The molecule has 4 rings (SSSR count). The van der Waals surface area contributed by atoms with Crippen molar-refractivity contribution in [3.63, 3.8) is 0 Å². The zero-order valence-corrected chi connectivity index (χ0v) is 20.9. The Morgan fingerprint density at radius 3 is 2.23 bits per heavy atom. The molecular formula is C30H51N. The third-order valence-electron chi connectivity index (χ3n) is 10.8. The molecule has 0 aromatic heterocycles. The average molecular weight is 426 g/mol. The molecule has 0 aromatic rings. The fourth-order valence-corrected chi connectivity index (χ4v) is 9.25. The summed E-state index contributed by atoms with van der Waals surface area (Å²) in [6, 6.07) is 2.88. The van der Waals surface area contributed by atoms with Crippen molar-refractivity contribution < 1.29 is 0 Å². The number of hydrogen-bond donors (Lipinski definition) is 0. The molecule has 1 heteroatoms. The summed E-state index contributed by atoms with van der Waals surface area (Å²) in [5.74, 6) is 7.11. The van der Waals surface area contributed by atoms with Gasteiger partial charge in [-0.2, -0.15) is 5.26 Å². The zero-order chi connectivity index (χ0) is 21.7. The molecular weight excluding hydrogens is 374 g/mol. The number of unbranched alkanes of at least 4 members (excludes halogenated alkanes) is 5. The van der Waals surface area contributed by atoms with Crippen molar-refractivity contribution in [2.45, 2.75) is 136 Å². The highest BCUT2D eigenvalue weighted by Crippen LogP contribution is 2.60. The van der Waals surface area contributed by atoms with Gasteiger partial charge in [0, 0.05) is 0 Å². The highest BCUT2D eigenvalue weighted by atomic mass is 14.6. The second-order valence-corrected chi connectivity index (χ2v) is 12.4. The van der Waals surface area contributed by atoms with E-state index in [4.69, 9.17) is 0 Å². The van der Waals surface area contributed by atoms with Crippen molar-refractivity contribution in [2.75, 3.05) is 0 Å². The second-order valence-electron chi connectivity index (χ2n) is 12.4. The van der Waals surface area contributed by atoms with Crippen LogP contribution in [0.3, 0.4) is 0 Å². The van der Waals surface area contributed by atoms with Crippen LogP contribution < -0.4 is 0 Å². The molecule has 8 atom stereocenters. The van der Waals surface area contributed by atoms with E-state index in [1.54, 1.807) is 12.8 Å². The minimum Gasteiger partial charge on any atom is -0.198 e. The predicted molar refractivity (Wildman–Crippen MR) is 132 cm³/mol. The molecule has 8 unspecified atom stereocenters. The highest BCUT2D eigenvalue weighted by Gasteiger charge is 2.52. The zero-order valence-electron chi connectivity index (χ0n) is 20.9. The van der Waals surface area contributed by atoms with E-state index in [2.05, 4.69) is 19.9 Å². The molecule has 4 aliphatic carbocycles. The van der Waals surface area contributed by atoms with Gasteiger partial charge in [-0.3, -0.25) is 0 Å². The van der Waals surface area contributed by atoms with E-state index in [1.807, 2.05) is 0 Å². The van der Waals surface area contributed by atoms with Crippen LogP contribution in [0.2, 0.25) is 0 Å². The molecule has 4 saturated carbocycles. The van der Waals surface area contributed by atoms with E-state index in [9.17, 15) is 5.26 Å². The molecule has 0 spiro atoms. The molecule has 0 heterocycles. The molecule has 176 valence electrons. The number of nitriles is 1. The van der Waals surface area contributed by atoms with Crippen molar-refractivity contribution in [1.82, 2.24) is 0 Å². The maximum Gasteiger partial charge on any atom is 0.0689 e. The van der Waals surface area contributed by atoms with Gasteiger partial charge in [0.25, 0.3) is 0 Å². The standard InChI is InChI=1S/C30H51N/c1-3-5-7-8-9-19-30(22-31)20-18-26-24(21-30)14-15-29-27-13-10-12-23(11-6-4-2)25(27)16-17-28(26)29/h23-29H,3-21H2,1-2H3. The van der Waals surface area contributed by atoms with Gasteiger partial charge < -0.3 is 0 Å². The molecule has 4 aliphatic rings. The first-order valence-electron chi connectivity index (χ1n) is 14.6. The van der Waals surface area contributed by atoms with Gasteiger partial charge in [-0.15, -0.1) is 0 Å². The topological polar surface area (TPSA) is 23.8 Å². The summed E-state index contributed by atoms with van der Waals surface area (Å²) < 4.78 is 0. The van der Waals surface area contributed by atoms with Gasteiger partial charge in [0.15, 0.2) is 0 Å². The third kappa shape index (κ3) is 5.20. The summed E-state index contributed by atoms with van der Waals surface area (Å²) in [4.78, 5) is 0. The van der Waals surface area contributed by atoms with E-state index >= 15 is 0 Å². The lowest BCUT2D eigenvalue weighted by Crippen LogP contribution is -2.49. The average Bonchev–Trinajstić information content (AvgIpc) is 2.81. The van der Waals surface area contributed by atoms with E-state index in [0.29, 0.717) is 0 Å². The number of hydrogen-bond acceptors (Lipinski definition) is 1. The molecule has 0 radical (unpaired) electrons. The Labute approximate surface area is 194 Å². The summed E-state index contributed by atoms with van der Waals surface area (Å²) in [6.45, 7) is 4.66. The Hall–Kier alpha value is -0.510. The second kappa shape index (κ2) is 11.1. The smallest absolute Gasteiger partial charge is 0.0689 e. The van der Waals surface area contributed by atoms with E-state index < -0.39 is 0 Å². The Balaban J connectivity index is 1.35. The predicted octanol–water partition coefficient (Wildman–Crippen LogP) is 9.32. The van der Waals surface area contributed by atoms with Crippen LogP contribution >= 0.6 is 0 Å². The van der Waals surface area contributed by atoms with Crippen LogP contribution in [0.25, 0.3) is 0 Å². The molecule has 0 N–H and O–H groups in total. The molecule has 0 amide bonds. The van der Waals surface area contributed by atoms with Gasteiger partial charge in [0.1, 0.15) is 0 Å². The molecule has 31 heavy (non-hydrogen) atoms. The van der Waals surface area contributed by atoms with Crippen molar-refractivity contribution in [1.29, 1.82) is 5.26 Å². The van der Waals surface area contributed by atoms with Gasteiger partial charge in [0.05, 0.1) is 11.5 Å². The van der Waals surface area contributed by atoms with Crippen molar-refractivity contribution in [2.24, 2.45) is 46.8 Å². The first kappa shape index (κ1) is 23.6.